The Morgan fingerprint density at radius 1 is 1.18 bits per heavy atom. The number of hydrogen-bond donors (Lipinski definition) is 2. The predicted molar refractivity (Wildman–Crippen MR) is 77.2 cm³/mol. The van der Waals surface area contributed by atoms with Gasteiger partial charge in [-0.2, -0.15) is 0 Å². The number of halogens is 2. The SMILES string of the molecule is Oc1c(Br)cc(Br)cc1CNC1CCCCC1. The van der Waals surface area contributed by atoms with E-state index in [1.807, 2.05) is 12.1 Å². The standard InChI is InChI=1S/C13H17Br2NO/c14-10-6-9(13(17)12(15)7-10)8-16-11-4-2-1-3-5-11/h6-7,11,16-17H,1-5,8H2. The maximum Gasteiger partial charge on any atom is 0.134 e. The van der Waals surface area contributed by atoms with Crippen molar-refractivity contribution in [1.29, 1.82) is 0 Å². The van der Waals surface area contributed by atoms with Gasteiger partial charge in [0.2, 0.25) is 0 Å². The summed E-state index contributed by atoms with van der Waals surface area (Å²) in [7, 11) is 0. The summed E-state index contributed by atoms with van der Waals surface area (Å²) in [5, 5.41) is 13.5. The minimum absolute atomic E-state index is 0.344. The zero-order valence-corrected chi connectivity index (χ0v) is 12.8. The molecule has 1 saturated carbocycles. The van der Waals surface area contributed by atoms with Crippen molar-refractivity contribution in [2.75, 3.05) is 0 Å². The van der Waals surface area contributed by atoms with Gasteiger partial charge < -0.3 is 10.4 Å². The fourth-order valence-corrected chi connectivity index (χ4v) is 3.63. The van der Waals surface area contributed by atoms with Crippen LogP contribution in [0, 0.1) is 0 Å². The lowest BCUT2D eigenvalue weighted by atomic mass is 9.95. The van der Waals surface area contributed by atoms with Crippen LogP contribution in [0.5, 0.6) is 5.75 Å². The third-order valence-corrected chi connectivity index (χ3v) is 4.36. The highest BCUT2D eigenvalue weighted by molar-refractivity contribution is 9.11. The molecule has 1 aromatic carbocycles. The zero-order chi connectivity index (χ0) is 12.3. The van der Waals surface area contributed by atoms with Crippen LogP contribution >= 0.6 is 31.9 Å². The summed E-state index contributed by atoms with van der Waals surface area (Å²) >= 11 is 6.80. The molecule has 0 saturated heterocycles. The molecule has 1 fully saturated rings. The Kier molecular flexibility index (Phi) is 4.88. The maximum atomic E-state index is 9.94. The van der Waals surface area contributed by atoms with E-state index in [4.69, 9.17) is 0 Å². The second-order valence-electron chi connectivity index (χ2n) is 4.61. The van der Waals surface area contributed by atoms with Crippen molar-refractivity contribution in [3.05, 3.63) is 26.6 Å². The normalized spacial score (nSPS) is 17.3. The van der Waals surface area contributed by atoms with Gasteiger partial charge in [0.25, 0.3) is 0 Å². The molecule has 1 aromatic rings. The van der Waals surface area contributed by atoms with Gasteiger partial charge in [0, 0.05) is 22.6 Å². The molecule has 1 aliphatic rings. The molecule has 0 heterocycles. The first-order valence-electron chi connectivity index (χ1n) is 6.07. The van der Waals surface area contributed by atoms with E-state index in [1.54, 1.807) is 0 Å². The van der Waals surface area contributed by atoms with E-state index in [0.29, 0.717) is 11.8 Å². The quantitative estimate of drug-likeness (QED) is 0.838. The van der Waals surface area contributed by atoms with Crippen LogP contribution in [-0.2, 0) is 6.54 Å². The van der Waals surface area contributed by atoms with E-state index >= 15 is 0 Å². The van der Waals surface area contributed by atoms with E-state index in [0.717, 1.165) is 21.1 Å². The Morgan fingerprint density at radius 2 is 1.88 bits per heavy atom. The first-order chi connectivity index (χ1) is 8.16. The number of phenolic OH excluding ortho intramolecular Hbond substituents is 1. The summed E-state index contributed by atoms with van der Waals surface area (Å²) in [6, 6.07) is 4.44. The van der Waals surface area contributed by atoms with Crippen molar-refractivity contribution in [2.45, 2.75) is 44.7 Å². The summed E-state index contributed by atoms with van der Waals surface area (Å²) in [4.78, 5) is 0. The molecule has 1 aliphatic carbocycles. The molecule has 0 aliphatic heterocycles. The molecule has 4 heteroatoms. The van der Waals surface area contributed by atoms with Gasteiger partial charge in [-0.1, -0.05) is 35.2 Å². The topological polar surface area (TPSA) is 32.3 Å². The van der Waals surface area contributed by atoms with Crippen molar-refractivity contribution in [3.63, 3.8) is 0 Å². The van der Waals surface area contributed by atoms with Gasteiger partial charge in [-0.3, -0.25) is 0 Å². The molecule has 2 N–H and O–H groups in total. The number of rotatable bonds is 3. The fourth-order valence-electron chi connectivity index (χ4n) is 2.32. The predicted octanol–water partition coefficient (Wildman–Crippen LogP) is 4.34. The molecule has 0 bridgehead atoms. The van der Waals surface area contributed by atoms with Gasteiger partial charge >= 0.3 is 0 Å². The summed E-state index contributed by atoms with van der Waals surface area (Å²) in [6.07, 6.45) is 6.54. The molecule has 0 radical (unpaired) electrons. The number of hydrogen-bond acceptors (Lipinski definition) is 2. The van der Waals surface area contributed by atoms with Crippen molar-refractivity contribution in [3.8, 4) is 5.75 Å². The van der Waals surface area contributed by atoms with Crippen LogP contribution in [-0.4, -0.2) is 11.1 Å². The second-order valence-corrected chi connectivity index (χ2v) is 6.38. The van der Waals surface area contributed by atoms with Crippen molar-refractivity contribution in [2.24, 2.45) is 0 Å². The first kappa shape index (κ1) is 13.4. The zero-order valence-electron chi connectivity index (χ0n) is 9.68. The van der Waals surface area contributed by atoms with E-state index in [9.17, 15) is 5.11 Å². The van der Waals surface area contributed by atoms with Crippen molar-refractivity contribution < 1.29 is 5.11 Å². The van der Waals surface area contributed by atoms with Crippen LogP contribution in [0.25, 0.3) is 0 Å². The summed E-state index contributed by atoms with van der Waals surface area (Å²) in [5.41, 5.74) is 0.942. The average Bonchev–Trinajstić information content (AvgIpc) is 2.33. The van der Waals surface area contributed by atoms with Gasteiger partial charge in [-0.05, 0) is 40.9 Å². The molecular formula is C13H17Br2NO. The minimum Gasteiger partial charge on any atom is -0.506 e. The highest BCUT2D eigenvalue weighted by atomic mass is 79.9. The van der Waals surface area contributed by atoms with Crippen molar-refractivity contribution in [1.82, 2.24) is 5.32 Å². The highest BCUT2D eigenvalue weighted by Gasteiger charge is 2.14. The molecule has 2 rings (SSSR count). The van der Waals surface area contributed by atoms with E-state index in [2.05, 4.69) is 37.2 Å². The van der Waals surface area contributed by atoms with Gasteiger partial charge in [-0.15, -0.1) is 0 Å². The number of benzene rings is 1. The monoisotopic (exact) mass is 361 g/mol. The van der Waals surface area contributed by atoms with Crippen LogP contribution in [0.4, 0.5) is 0 Å². The van der Waals surface area contributed by atoms with E-state index < -0.39 is 0 Å². The number of aromatic hydroxyl groups is 1. The second kappa shape index (κ2) is 6.21. The Morgan fingerprint density at radius 3 is 2.59 bits per heavy atom. The maximum absolute atomic E-state index is 9.94. The van der Waals surface area contributed by atoms with Gasteiger partial charge in [-0.25, -0.2) is 0 Å². The smallest absolute Gasteiger partial charge is 0.134 e. The number of nitrogens with one attached hydrogen (secondary N) is 1. The third kappa shape index (κ3) is 3.70. The number of phenols is 1. The molecular weight excluding hydrogens is 346 g/mol. The molecule has 0 aromatic heterocycles. The lowest BCUT2D eigenvalue weighted by Crippen LogP contribution is -2.30. The van der Waals surface area contributed by atoms with Crippen LogP contribution in [0.2, 0.25) is 0 Å². The van der Waals surface area contributed by atoms with Crippen molar-refractivity contribution >= 4 is 31.9 Å². The fraction of sp³-hybridized carbons (Fsp3) is 0.538. The van der Waals surface area contributed by atoms with Gasteiger partial charge in [0.15, 0.2) is 0 Å². The van der Waals surface area contributed by atoms with Crippen LogP contribution < -0.4 is 5.32 Å². The van der Waals surface area contributed by atoms with Crippen LogP contribution in [0.15, 0.2) is 21.1 Å². The molecule has 0 unspecified atom stereocenters. The Balaban J connectivity index is 1.98. The molecule has 0 amide bonds. The molecule has 0 spiro atoms. The average molecular weight is 363 g/mol. The van der Waals surface area contributed by atoms with Crippen LogP contribution in [0.3, 0.4) is 0 Å². The Hall–Kier alpha value is -0.0600. The lowest BCUT2D eigenvalue weighted by molar-refractivity contribution is 0.368. The molecule has 0 atom stereocenters. The summed E-state index contributed by atoms with van der Waals surface area (Å²) in [6.45, 7) is 0.731. The van der Waals surface area contributed by atoms with Gasteiger partial charge in [0.05, 0.1) is 4.47 Å². The molecule has 2 nitrogen and oxygen atoms in total. The first-order valence-corrected chi connectivity index (χ1v) is 7.65. The Labute approximate surface area is 119 Å². The highest BCUT2D eigenvalue weighted by Crippen LogP contribution is 2.31. The summed E-state index contributed by atoms with van der Waals surface area (Å²) in [5.74, 6) is 0.344. The van der Waals surface area contributed by atoms with Crippen LogP contribution in [0.1, 0.15) is 37.7 Å². The largest absolute Gasteiger partial charge is 0.506 e. The summed E-state index contributed by atoms with van der Waals surface area (Å²) < 4.78 is 1.73. The lowest BCUT2D eigenvalue weighted by Gasteiger charge is -2.23. The van der Waals surface area contributed by atoms with E-state index in [-0.39, 0.29) is 0 Å². The Bertz CT molecular complexity index is 389. The molecule has 17 heavy (non-hydrogen) atoms. The van der Waals surface area contributed by atoms with E-state index in [1.165, 1.54) is 32.1 Å². The molecule has 94 valence electrons. The minimum atomic E-state index is 0.344. The van der Waals surface area contributed by atoms with Gasteiger partial charge in [0.1, 0.15) is 5.75 Å². The third-order valence-electron chi connectivity index (χ3n) is 3.29.